The van der Waals surface area contributed by atoms with Crippen LogP contribution in [0, 0.1) is 0 Å². The Labute approximate surface area is 117 Å². The van der Waals surface area contributed by atoms with Crippen LogP contribution in [0.2, 0.25) is 0 Å². The summed E-state index contributed by atoms with van der Waals surface area (Å²) >= 11 is 1.57. The van der Waals surface area contributed by atoms with Gasteiger partial charge in [0.05, 0.1) is 0 Å². The van der Waals surface area contributed by atoms with E-state index in [1.54, 1.807) is 18.4 Å². The predicted octanol–water partition coefficient (Wildman–Crippen LogP) is 2.53. The molecule has 0 saturated carbocycles. The maximum absolute atomic E-state index is 11.9. The van der Waals surface area contributed by atoms with Crippen LogP contribution < -0.4 is 5.32 Å². The Bertz CT molecular complexity index is 406. The highest BCUT2D eigenvalue weighted by molar-refractivity contribution is 7.07. The van der Waals surface area contributed by atoms with Crippen LogP contribution in [0.5, 0.6) is 0 Å². The van der Waals surface area contributed by atoms with Gasteiger partial charge in [0.2, 0.25) is 0 Å². The third kappa shape index (κ3) is 5.30. The normalized spacial score (nSPS) is 11.9. The second kappa shape index (κ2) is 7.78. The van der Waals surface area contributed by atoms with Crippen LogP contribution in [0.15, 0.2) is 16.8 Å². The number of nitrogens with zero attached hydrogens (tertiary/aromatic N) is 1. The lowest BCUT2D eigenvalue weighted by Crippen LogP contribution is -2.46. The van der Waals surface area contributed by atoms with E-state index in [2.05, 4.69) is 5.32 Å². The molecule has 1 aromatic rings. The first-order valence-corrected chi connectivity index (χ1v) is 7.24. The number of nitrogens with one attached hydrogen (secondary N) is 1. The van der Waals surface area contributed by atoms with Gasteiger partial charge in [-0.1, -0.05) is 19.8 Å². The highest BCUT2D eigenvalue weighted by Gasteiger charge is 2.21. The van der Waals surface area contributed by atoms with Crippen molar-refractivity contribution in [1.29, 1.82) is 0 Å². The summed E-state index contributed by atoms with van der Waals surface area (Å²) in [5.74, 6) is -0.981. The van der Waals surface area contributed by atoms with Crippen molar-refractivity contribution in [2.75, 3.05) is 7.05 Å². The second-order valence-electron chi connectivity index (χ2n) is 4.47. The van der Waals surface area contributed by atoms with Crippen LogP contribution in [0.3, 0.4) is 0 Å². The SMILES string of the molecule is CCCC[C@H](NC(=O)N(C)Cc1ccsc1)C(=O)O. The molecule has 1 atom stereocenters. The predicted molar refractivity (Wildman–Crippen MR) is 75.3 cm³/mol. The quantitative estimate of drug-likeness (QED) is 0.808. The van der Waals surface area contributed by atoms with E-state index in [0.29, 0.717) is 13.0 Å². The Kier molecular flexibility index (Phi) is 6.35. The van der Waals surface area contributed by atoms with E-state index in [0.717, 1.165) is 18.4 Å². The van der Waals surface area contributed by atoms with Gasteiger partial charge < -0.3 is 15.3 Å². The molecule has 106 valence electrons. The van der Waals surface area contributed by atoms with Gasteiger partial charge in [0.15, 0.2) is 0 Å². The largest absolute Gasteiger partial charge is 0.480 e. The summed E-state index contributed by atoms with van der Waals surface area (Å²) in [7, 11) is 1.66. The number of carbonyl (C=O) groups excluding carboxylic acids is 1. The number of rotatable bonds is 7. The molecule has 0 fully saturated rings. The zero-order valence-electron chi connectivity index (χ0n) is 11.3. The van der Waals surface area contributed by atoms with Crippen LogP contribution in [-0.2, 0) is 11.3 Å². The lowest BCUT2D eigenvalue weighted by Gasteiger charge is -2.21. The average Bonchev–Trinajstić information content (AvgIpc) is 2.86. The summed E-state index contributed by atoms with van der Waals surface area (Å²) in [5, 5.41) is 15.5. The van der Waals surface area contributed by atoms with Gasteiger partial charge in [-0.15, -0.1) is 0 Å². The van der Waals surface area contributed by atoms with Crippen LogP contribution in [0.1, 0.15) is 31.7 Å². The molecule has 0 aliphatic heterocycles. The van der Waals surface area contributed by atoms with E-state index in [4.69, 9.17) is 5.11 Å². The first kappa shape index (κ1) is 15.5. The lowest BCUT2D eigenvalue weighted by atomic mass is 10.1. The van der Waals surface area contributed by atoms with Crippen molar-refractivity contribution in [2.45, 2.75) is 38.8 Å². The number of amides is 2. The standard InChI is InChI=1S/C13H20N2O3S/c1-3-4-5-11(12(16)17)14-13(18)15(2)8-10-6-7-19-9-10/h6-7,9,11H,3-5,8H2,1-2H3,(H,14,18)(H,16,17)/t11-/m0/s1. The first-order valence-electron chi connectivity index (χ1n) is 6.30. The molecule has 1 rings (SSSR count). The zero-order valence-corrected chi connectivity index (χ0v) is 12.1. The monoisotopic (exact) mass is 284 g/mol. The van der Waals surface area contributed by atoms with E-state index in [1.165, 1.54) is 4.90 Å². The van der Waals surface area contributed by atoms with Gasteiger partial charge in [0.25, 0.3) is 0 Å². The van der Waals surface area contributed by atoms with Crippen LogP contribution in [0.4, 0.5) is 4.79 Å². The Morgan fingerprint density at radius 2 is 2.26 bits per heavy atom. The van der Waals surface area contributed by atoms with Crippen molar-refractivity contribution in [3.8, 4) is 0 Å². The summed E-state index contributed by atoms with van der Waals surface area (Å²) in [4.78, 5) is 24.4. The number of carboxylic acid groups (broad SMARTS) is 1. The van der Waals surface area contributed by atoms with E-state index in [1.807, 2.05) is 23.8 Å². The highest BCUT2D eigenvalue weighted by Crippen LogP contribution is 2.09. The molecule has 0 bridgehead atoms. The highest BCUT2D eigenvalue weighted by atomic mass is 32.1. The molecule has 0 aliphatic carbocycles. The van der Waals surface area contributed by atoms with Crippen molar-refractivity contribution in [3.63, 3.8) is 0 Å². The molecule has 0 aromatic carbocycles. The average molecular weight is 284 g/mol. The van der Waals surface area contributed by atoms with Gasteiger partial charge in [-0.2, -0.15) is 11.3 Å². The van der Waals surface area contributed by atoms with Crippen molar-refractivity contribution in [3.05, 3.63) is 22.4 Å². The summed E-state index contributed by atoms with van der Waals surface area (Å²) in [5.41, 5.74) is 1.04. The number of hydrogen-bond donors (Lipinski definition) is 2. The Balaban J connectivity index is 2.48. The minimum absolute atomic E-state index is 0.352. The third-order valence-corrected chi connectivity index (χ3v) is 3.52. The topological polar surface area (TPSA) is 69.6 Å². The molecule has 6 heteroatoms. The maximum Gasteiger partial charge on any atom is 0.326 e. The van der Waals surface area contributed by atoms with E-state index < -0.39 is 12.0 Å². The number of urea groups is 1. The smallest absolute Gasteiger partial charge is 0.326 e. The molecule has 2 amide bonds. The van der Waals surface area contributed by atoms with Crippen LogP contribution >= 0.6 is 11.3 Å². The summed E-state index contributed by atoms with van der Waals surface area (Å²) < 4.78 is 0. The molecule has 0 unspecified atom stereocenters. The third-order valence-electron chi connectivity index (χ3n) is 2.79. The number of unbranched alkanes of at least 4 members (excludes halogenated alkanes) is 1. The molecular formula is C13H20N2O3S. The van der Waals surface area contributed by atoms with Gasteiger partial charge in [0, 0.05) is 13.6 Å². The molecule has 0 saturated heterocycles. The van der Waals surface area contributed by atoms with Crippen LogP contribution in [0.25, 0.3) is 0 Å². The molecule has 2 N–H and O–H groups in total. The van der Waals surface area contributed by atoms with E-state index in [-0.39, 0.29) is 6.03 Å². The maximum atomic E-state index is 11.9. The Morgan fingerprint density at radius 3 is 2.79 bits per heavy atom. The fraction of sp³-hybridized carbons (Fsp3) is 0.538. The molecular weight excluding hydrogens is 264 g/mol. The lowest BCUT2D eigenvalue weighted by molar-refractivity contribution is -0.139. The minimum Gasteiger partial charge on any atom is -0.480 e. The molecule has 0 aliphatic rings. The summed E-state index contributed by atoms with van der Waals surface area (Å²) in [6.07, 6.45) is 2.15. The van der Waals surface area contributed by atoms with Crippen molar-refractivity contribution < 1.29 is 14.7 Å². The molecule has 0 radical (unpaired) electrons. The fourth-order valence-electron chi connectivity index (χ4n) is 1.65. The zero-order chi connectivity index (χ0) is 14.3. The van der Waals surface area contributed by atoms with Crippen molar-refractivity contribution in [2.24, 2.45) is 0 Å². The number of carbonyl (C=O) groups is 2. The van der Waals surface area contributed by atoms with Gasteiger partial charge in [-0.05, 0) is 28.8 Å². The van der Waals surface area contributed by atoms with Gasteiger partial charge in [0.1, 0.15) is 6.04 Å². The molecule has 1 aromatic heterocycles. The number of thiophene rings is 1. The molecule has 0 spiro atoms. The van der Waals surface area contributed by atoms with E-state index >= 15 is 0 Å². The summed E-state index contributed by atoms with van der Waals surface area (Å²) in [6, 6.07) is 0.785. The van der Waals surface area contributed by atoms with Gasteiger partial charge >= 0.3 is 12.0 Å². The minimum atomic E-state index is -0.981. The fourth-order valence-corrected chi connectivity index (χ4v) is 2.31. The Morgan fingerprint density at radius 1 is 1.53 bits per heavy atom. The molecule has 1 heterocycles. The molecule has 19 heavy (non-hydrogen) atoms. The van der Waals surface area contributed by atoms with Crippen molar-refractivity contribution in [1.82, 2.24) is 10.2 Å². The number of hydrogen-bond acceptors (Lipinski definition) is 3. The van der Waals surface area contributed by atoms with Crippen LogP contribution in [-0.4, -0.2) is 35.1 Å². The molecule has 5 nitrogen and oxygen atoms in total. The van der Waals surface area contributed by atoms with Gasteiger partial charge in [-0.3, -0.25) is 0 Å². The van der Waals surface area contributed by atoms with Crippen molar-refractivity contribution >= 4 is 23.3 Å². The Hall–Kier alpha value is -1.56. The number of aliphatic carboxylic acids is 1. The number of carboxylic acids is 1. The van der Waals surface area contributed by atoms with Gasteiger partial charge in [-0.25, -0.2) is 9.59 Å². The summed E-state index contributed by atoms with van der Waals surface area (Å²) in [6.45, 7) is 2.47. The van der Waals surface area contributed by atoms with E-state index in [9.17, 15) is 9.59 Å². The second-order valence-corrected chi connectivity index (χ2v) is 5.25. The first-order chi connectivity index (χ1) is 9.04.